The van der Waals surface area contributed by atoms with Gasteiger partial charge in [0, 0.05) is 13.1 Å². The number of benzene rings is 1. The molecule has 6 nitrogen and oxygen atoms in total. The highest BCUT2D eigenvalue weighted by Gasteiger charge is 2.19. The smallest absolute Gasteiger partial charge is 0.319 e. The third kappa shape index (κ3) is 6.92. The molecule has 1 saturated heterocycles. The highest BCUT2D eigenvalue weighted by Crippen LogP contribution is 2.24. The number of hydrogen-bond acceptors (Lipinski definition) is 4. The molecule has 1 aliphatic heterocycles. The number of para-hydroxylation sites is 2. The normalized spacial score (nSPS) is 16.0. The van der Waals surface area contributed by atoms with Gasteiger partial charge in [-0.15, -0.1) is 0 Å². The Labute approximate surface area is 150 Å². The summed E-state index contributed by atoms with van der Waals surface area (Å²) in [6.45, 7) is 8.40. The summed E-state index contributed by atoms with van der Waals surface area (Å²) in [6.07, 6.45) is 2.10. The highest BCUT2D eigenvalue weighted by atomic mass is 16.5. The monoisotopic (exact) mass is 349 g/mol. The first kappa shape index (κ1) is 19.5. The molecule has 0 unspecified atom stereocenters. The van der Waals surface area contributed by atoms with Gasteiger partial charge in [-0.1, -0.05) is 26.0 Å². The molecule has 140 valence electrons. The van der Waals surface area contributed by atoms with E-state index in [1.807, 2.05) is 24.3 Å². The molecule has 0 aromatic heterocycles. The van der Waals surface area contributed by atoms with Gasteiger partial charge >= 0.3 is 6.03 Å². The van der Waals surface area contributed by atoms with Gasteiger partial charge in [-0.25, -0.2) is 4.79 Å². The van der Waals surface area contributed by atoms with Crippen LogP contribution in [0.15, 0.2) is 24.3 Å². The first-order valence-corrected chi connectivity index (χ1v) is 9.18. The standard InChI is InChI=1S/C19H31N3O3/c1-15(2)14-25-18-6-4-3-5-17(18)21-19(24)20-13-16-7-9-22(10-8-16)11-12-23/h3-6,15-16,23H,7-14H2,1-2H3,(H2,20,21,24). The molecule has 0 radical (unpaired) electrons. The first-order valence-electron chi connectivity index (χ1n) is 9.18. The quantitative estimate of drug-likeness (QED) is 0.674. The third-order valence-corrected chi connectivity index (χ3v) is 4.38. The zero-order valence-electron chi connectivity index (χ0n) is 15.3. The number of urea groups is 1. The van der Waals surface area contributed by atoms with Crippen LogP contribution in [0.1, 0.15) is 26.7 Å². The van der Waals surface area contributed by atoms with E-state index in [9.17, 15) is 4.79 Å². The van der Waals surface area contributed by atoms with Crippen LogP contribution in [-0.4, -0.2) is 55.4 Å². The number of β-amino-alcohol motifs (C(OH)–C–C–N with tert-alkyl or cyclic N) is 1. The minimum absolute atomic E-state index is 0.196. The zero-order chi connectivity index (χ0) is 18.1. The molecular formula is C19H31N3O3. The van der Waals surface area contributed by atoms with E-state index in [-0.39, 0.29) is 12.6 Å². The molecule has 25 heavy (non-hydrogen) atoms. The number of aliphatic hydroxyl groups excluding tert-OH is 1. The summed E-state index contributed by atoms with van der Waals surface area (Å²) in [5, 5.41) is 14.8. The number of nitrogens with zero attached hydrogens (tertiary/aromatic N) is 1. The molecule has 1 aromatic rings. The molecule has 6 heteroatoms. The molecule has 1 heterocycles. The molecule has 0 spiro atoms. The summed E-state index contributed by atoms with van der Waals surface area (Å²) in [4.78, 5) is 14.5. The first-order chi connectivity index (χ1) is 12.1. The van der Waals surface area contributed by atoms with Gasteiger partial charge in [-0.3, -0.25) is 0 Å². The van der Waals surface area contributed by atoms with Crippen molar-refractivity contribution in [2.75, 3.05) is 44.7 Å². The van der Waals surface area contributed by atoms with Gasteiger partial charge in [-0.2, -0.15) is 0 Å². The molecule has 1 fully saturated rings. The molecule has 0 aliphatic carbocycles. The number of piperidine rings is 1. The van der Waals surface area contributed by atoms with Crippen LogP contribution in [0.2, 0.25) is 0 Å². The number of amides is 2. The van der Waals surface area contributed by atoms with Gasteiger partial charge in [0.15, 0.2) is 0 Å². The molecular weight excluding hydrogens is 318 g/mol. The number of hydrogen-bond donors (Lipinski definition) is 3. The van der Waals surface area contributed by atoms with E-state index >= 15 is 0 Å². The Morgan fingerprint density at radius 3 is 2.72 bits per heavy atom. The Morgan fingerprint density at radius 1 is 1.32 bits per heavy atom. The van der Waals surface area contributed by atoms with Gasteiger partial charge in [0.05, 0.1) is 18.9 Å². The van der Waals surface area contributed by atoms with Gasteiger partial charge in [0.25, 0.3) is 0 Å². The highest BCUT2D eigenvalue weighted by molar-refractivity contribution is 5.90. The van der Waals surface area contributed by atoms with Crippen molar-refractivity contribution >= 4 is 11.7 Å². The lowest BCUT2D eigenvalue weighted by Crippen LogP contribution is -2.40. The van der Waals surface area contributed by atoms with Crippen molar-refractivity contribution in [3.8, 4) is 5.75 Å². The van der Waals surface area contributed by atoms with E-state index in [1.54, 1.807) is 0 Å². The van der Waals surface area contributed by atoms with Gasteiger partial charge in [0.2, 0.25) is 0 Å². The van der Waals surface area contributed by atoms with E-state index in [0.29, 0.717) is 36.4 Å². The molecule has 1 aliphatic rings. The van der Waals surface area contributed by atoms with E-state index in [2.05, 4.69) is 29.4 Å². The molecule has 0 atom stereocenters. The van der Waals surface area contributed by atoms with Crippen molar-refractivity contribution in [1.29, 1.82) is 0 Å². The predicted octanol–water partition coefficient (Wildman–Crippen LogP) is 2.55. The van der Waals surface area contributed by atoms with Crippen LogP contribution in [-0.2, 0) is 0 Å². The maximum Gasteiger partial charge on any atom is 0.319 e. The number of nitrogens with one attached hydrogen (secondary N) is 2. The molecule has 2 amide bonds. The van der Waals surface area contributed by atoms with E-state index in [1.165, 1.54) is 0 Å². The lowest BCUT2D eigenvalue weighted by atomic mass is 9.97. The second-order valence-electron chi connectivity index (χ2n) is 7.04. The Hall–Kier alpha value is -1.79. The number of aliphatic hydroxyl groups is 1. The van der Waals surface area contributed by atoms with Gasteiger partial charge in [0.1, 0.15) is 5.75 Å². The van der Waals surface area contributed by atoms with Gasteiger partial charge < -0.3 is 25.4 Å². The number of ether oxygens (including phenoxy) is 1. The topological polar surface area (TPSA) is 73.8 Å². The summed E-state index contributed by atoms with van der Waals surface area (Å²) in [5.74, 6) is 1.62. The Bertz CT molecular complexity index is 528. The van der Waals surface area contributed by atoms with Crippen molar-refractivity contribution < 1.29 is 14.6 Å². The Morgan fingerprint density at radius 2 is 2.04 bits per heavy atom. The summed E-state index contributed by atoms with van der Waals surface area (Å²) < 4.78 is 5.76. The summed E-state index contributed by atoms with van der Waals surface area (Å²) >= 11 is 0. The van der Waals surface area contributed by atoms with Crippen LogP contribution >= 0.6 is 0 Å². The van der Waals surface area contributed by atoms with Crippen molar-refractivity contribution in [3.63, 3.8) is 0 Å². The fraction of sp³-hybridized carbons (Fsp3) is 0.632. The summed E-state index contributed by atoms with van der Waals surface area (Å²) in [7, 11) is 0. The third-order valence-electron chi connectivity index (χ3n) is 4.38. The van der Waals surface area contributed by atoms with Crippen LogP contribution in [0.3, 0.4) is 0 Å². The van der Waals surface area contributed by atoms with Crippen molar-refractivity contribution in [1.82, 2.24) is 10.2 Å². The molecule has 3 N–H and O–H groups in total. The lowest BCUT2D eigenvalue weighted by Gasteiger charge is -2.31. The second kappa shape index (κ2) is 10.3. The van der Waals surface area contributed by atoms with E-state index < -0.39 is 0 Å². The minimum Gasteiger partial charge on any atom is -0.491 e. The van der Waals surface area contributed by atoms with Crippen molar-refractivity contribution in [2.45, 2.75) is 26.7 Å². The Kier molecular flexibility index (Phi) is 8.01. The number of carbonyl (C=O) groups is 1. The predicted molar refractivity (Wildman–Crippen MR) is 100 cm³/mol. The largest absolute Gasteiger partial charge is 0.491 e. The van der Waals surface area contributed by atoms with Crippen LogP contribution in [0, 0.1) is 11.8 Å². The lowest BCUT2D eigenvalue weighted by molar-refractivity contribution is 0.147. The van der Waals surface area contributed by atoms with Crippen molar-refractivity contribution in [3.05, 3.63) is 24.3 Å². The summed E-state index contributed by atoms with van der Waals surface area (Å²) in [6, 6.07) is 7.31. The SMILES string of the molecule is CC(C)COc1ccccc1NC(=O)NCC1CCN(CCO)CC1. The van der Waals surface area contributed by atoms with E-state index in [0.717, 1.165) is 32.5 Å². The number of rotatable bonds is 8. The molecule has 0 saturated carbocycles. The maximum atomic E-state index is 12.2. The van der Waals surface area contributed by atoms with Crippen LogP contribution in [0.4, 0.5) is 10.5 Å². The average molecular weight is 349 g/mol. The molecule has 1 aromatic carbocycles. The fourth-order valence-electron chi connectivity index (χ4n) is 2.91. The zero-order valence-corrected chi connectivity index (χ0v) is 15.3. The number of likely N-dealkylation sites (tertiary alicyclic amines) is 1. The number of anilines is 1. The summed E-state index contributed by atoms with van der Waals surface area (Å²) in [5.41, 5.74) is 0.693. The van der Waals surface area contributed by atoms with Gasteiger partial charge in [-0.05, 0) is 49.9 Å². The van der Waals surface area contributed by atoms with Crippen LogP contribution in [0.25, 0.3) is 0 Å². The van der Waals surface area contributed by atoms with Crippen LogP contribution < -0.4 is 15.4 Å². The average Bonchev–Trinajstić information content (AvgIpc) is 2.60. The van der Waals surface area contributed by atoms with Crippen LogP contribution in [0.5, 0.6) is 5.75 Å². The Balaban J connectivity index is 1.75. The maximum absolute atomic E-state index is 12.2. The minimum atomic E-state index is -0.196. The molecule has 0 bridgehead atoms. The fourth-order valence-corrected chi connectivity index (χ4v) is 2.91. The van der Waals surface area contributed by atoms with Crippen molar-refractivity contribution in [2.24, 2.45) is 11.8 Å². The second-order valence-corrected chi connectivity index (χ2v) is 7.04. The van der Waals surface area contributed by atoms with E-state index in [4.69, 9.17) is 9.84 Å². The molecule has 2 rings (SSSR count). The number of carbonyl (C=O) groups excluding carboxylic acids is 1.